The number of aromatic amines is 1. The molecule has 0 saturated carbocycles. The van der Waals surface area contributed by atoms with Crippen LogP contribution in [0.4, 0.5) is 0 Å². The molecule has 3 N–H and O–H groups in total. The Hall–Kier alpha value is -2.26. The summed E-state index contributed by atoms with van der Waals surface area (Å²) in [6, 6.07) is 16.6. The molecule has 1 heterocycles. The first-order chi connectivity index (χ1) is 10.3. The van der Waals surface area contributed by atoms with Crippen molar-refractivity contribution in [1.29, 1.82) is 0 Å². The molecule has 0 spiro atoms. The van der Waals surface area contributed by atoms with Crippen LogP contribution in [0.1, 0.15) is 17.0 Å². The maximum absolute atomic E-state index is 6.03. The molecule has 3 aromatic rings. The third-order valence-electron chi connectivity index (χ3n) is 3.97. The quantitative estimate of drug-likeness (QED) is 0.752. The fourth-order valence-electron chi connectivity index (χ4n) is 2.80. The number of nitrogens with two attached hydrogens (primary N) is 1. The fraction of sp³-hybridized carbons (Fsp3) is 0.222. The predicted octanol–water partition coefficient (Wildman–Crippen LogP) is 3.46. The number of H-pyrrole nitrogens is 1. The molecule has 0 fully saturated rings. The molecule has 1 atom stereocenters. The Labute approximate surface area is 124 Å². The molecule has 0 radical (unpaired) electrons. The van der Waals surface area contributed by atoms with Gasteiger partial charge in [0.15, 0.2) is 0 Å². The average molecular weight is 280 g/mol. The van der Waals surface area contributed by atoms with Crippen LogP contribution in [0.2, 0.25) is 0 Å². The summed E-state index contributed by atoms with van der Waals surface area (Å²) in [5.74, 6) is 1.17. The van der Waals surface area contributed by atoms with Crippen molar-refractivity contribution in [2.24, 2.45) is 5.73 Å². The summed E-state index contributed by atoms with van der Waals surface area (Å²) in [5.41, 5.74) is 9.72. The van der Waals surface area contributed by atoms with E-state index in [9.17, 15) is 0 Å². The minimum absolute atomic E-state index is 0.299. The minimum atomic E-state index is 0.299. The number of hydrogen-bond donors (Lipinski definition) is 2. The molecule has 1 unspecified atom stereocenters. The van der Waals surface area contributed by atoms with Crippen LogP contribution in [0.5, 0.6) is 5.75 Å². The molecule has 0 bridgehead atoms. The second-order valence-corrected chi connectivity index (χ2v) is 5.28. The minimum Gasteiger partial charge on any atom is -0.497 e. The smallest absolute Gasteiger partial charge is 0.119 e. The number of nitrogens with one attached hydrogen (secondary N) is 1. The zero-order valence-corrected chi connectivity index (χ0v) is 12.2. The summed E-state index contributed by atoms with van der Waals surface area (Å²) < 4.78 is 5.33. The summed E-state index contributed by atoms with van der Waals surface area (Å²) >= 11 is 0. The molecule has 21 heavy (non-hydrogen) atoms. The van der Waals surface area contributed by atoms with Crippen molar-refractivity contribution in [3.63, 3.8) is 0 Å². The predicted molar refractivity (Wildman–Crippen MR) is 86.8 cm³/mol. The number of rotatable bonds is 5. The van der Waals surface area contributed by atoms with Gasteiger partial charge < -0.3 is 15.5 Å². The zero-order valence-electron chi connectivity index (χ0n) is 12.2. The first-order valence-electron chi connectivity index (χ1n) is 7.21. The van der Waals surface area contributed by atoms with Crippen LogP contribution in [-0.2, 0) is 6.42 Å². The van der Waals surface area contributed by atoms with E-state index in [0.717, 1.165) is 17.7 Å². The highest BCUT2D eigenvalue weighted by atomic mass is 16.5. The van der Waals surface area contributed by atoms with Gasteiger partial charge in [0.1, 0.15) is 5.75 Å². The molecule has 1 aromatic heterocycles. The molecule has 2 aromatic carbocycles. The van der Waals surface area contributed by atoms with Gasteiger partial charge in [-0.25, -0.2) is 0 Å². The molecule has 0 aliphatic carbocycles. The highest BCUT2D eigenvalue weighted by Gasteiger charge is 2.15. The van der Waals surface area contributed by atoms with Crippen molar-refractivity contribution < 1.29 is 4.74 Å². The van der Waals surface area contributed by atoms with Crippen molar-refractivity contribution >= 4 is 10.9 Å². The van der Waals surface area contributed by atoms with Gasteiger partial charge in [-0.2, -0.15) is 0 Å². The highest BCUT2D eigenvalue weighted by Crippen LogP contribution is 2.30. The lowest BCUT2D eigenvalue weighted by Crippen LogP contribution is -2.14. The Morgan fingerprint density at radius 1 is 1.14 bits per heavy atom. The molecular formula is C18H20N2O. The largest absolute Gasteiger partial charge is 0.497 e. The van der Waals surface area contributed by atoms with Gasteiger partial charge in [-0.3, -0.25) is 0 Å². The van der Waals surface area contributed by atoms with Crippen molar-refractivity contribution in [3.8, 4) is 5.75 Å². The van der Waals surface area contributed by atoms with E-state index in [-0.39, 0.29) is 0 Å². The number of aromatic nitrogens is 1. The highest BCUT2D eigenvalue weighted by molar-refractivity contribution is 5.85. The van der Waals surface area contributed by atoms with Crippen LogP contribution in [0, 0.1) is 0 Å². The Morgan fingerprint density at radius 3 is 2.67 bits per heavy atom. The first-order valence-corrected chi connectivity index (χ1v) is 7.21. The second kappa shape index (κ2) is 6.02. The maximum Gasteiger partial charge on any atom is 0.119 e. The molecule has 0 aliphatic rings. The zero-order chi connectivity index (χ0) is 14.7. The lowest BCUT2D eigenvalue weighted by Gasteiger charge is -2.14. The Kier molecular flexibility index (Phi) is 3.93. The molecule has 0 saturated heterocycles. The van der Waals surface area contributed by atoms with Crippen LogP contribution in [0.3, 0.4) is 0 Å². The maximum atomic E-state index is 6.03. The van der Waals surface area contributed by atoms with Crippen molar-refractivity contribution in [3.05, 3.63) is 65.9 Å². The second-order valence-electron chi connectivity index (χ2n) is 5.28. The summed E-state index contributed by atoms with van der Waals surface area (Å²) in [7, 11) is 1.69. The molecule has 0 amide bonds. The van der Waals surface area contributed by atoms with Gasteiger partial charge in [-0.1, -0.05) is 30.3 Å². The van der Waals surface area contributed by atoms with Gasteiger partial charge in [0.05, 0.1) is 7.11 Å². The number of ether oxygens (including phenoxy) is 1. The summed E-state index contributed by atoms with van der Waals surface area (Å²) in [5, 5.41) is 1.20. The lowest BCUT2D eigenvalue weighted by atomic mass is 9.92. The van der Waals surface area contributed by atoms with Gasteiger partial charge in [-0.05, 0) is 42.3 Å². The number of hydrogen-bond acceptors (Lipinski definition) is 2. The van der Waals surface area contributed by atoms with Gasteiger partial charge in [0.25, 0.3) is 0 Å². The van der Waals surface area contributed by atoms with Crippen molar-refractivity contribution in [2.45, 2.75) is 12.3 Å². The fourth-order valence-corrected chi connectivity index (χ4v) is 2.80. The summed E-state index contributed by atoms with van der Waals surface area (Å²) in [4.78, 5) is 3.33. The molecule has 0 aliphatic heterocycles. The van der Waals surface area contributed by atoms with Crippen LogP contribution < -0.4 is 10.5 Å². The lowest BCUT2D eigenvalue weighted by molar-refractivity contribution is 0.415. The van der Waals surface area contributed by atoms with Crippen LogP contribution in [0.15, 0.2) is 54.7 Å². The molecule has 3 nitrogen and oxygen atoms in total. The van der Waals surface area contributed by atoms with E-state index >= 15 is 0 Å². The van der Waals surface area contributed by atoms with Gasteiger partial charge in [0, 0.05) is 23.0 Å². The third-order valence-corrected chi connectivity index (χ3v) is 3.97. The Balaban J connectivity index is 1.96. The SMILES string of the molecule is COc1ccc2[nH]cc(C(CN)Cc3ccccc3)c2c1. The standard InChI is InChI=1S/C18H20N2O/c1-21-15-7-8-18-16(10-15)17(12-20-18)14(11-19)9-13-5-3-2-4-6-13/h2-8,10,12,14,20H,9,11,19H2,1H3. The van der Waals surface area contributed by atoms with Crippen LogP contribution >= 0.6 is 0 Å². The van der Waals surface area contributed by atoms with E-state index in [1.807, 2.05) is 18.2 Å². The Morgan fingerprint density at radius 2 is 1.95 bits per heavy atom. The van der Waals surface area contributed by atoms with Gasteiger partial charge in [-0.15, -0.1) is 0 Å². The number of fused-ring (bicyclic) bond motifs is 1. The normalized spacial score (nSPS) is 12.5. The van der Waals surface area contributed by atoms with Crippen molar-refractivity contribution in [2.75, 3.05) is 13.7 Å². The van der Waals surface area contributed by atoms with Crippen LogP contribution in [0.25, 0.3) is 10.9 Å². The van der Waals surface area contributed by atoms with E-state index in [1.165, 1.54) is 16.5 Å². The first kappa shape index (κ1) is 13.7. The summed E-state index contributed by atoms with van der Waals surface area (Å²) in [6.07, 6.45) is 3.02. The average Bonchev–Trinajstić information content (AvgIpc) is 2.96. The molecule has 3 rings (SSSR count). The van der Waals surface area contributed by atoms with E-state index in [4.69, 9.17) is 10.5 Å². The molecule has 108 valence electrons. The van der Waals surface area contributed by atoms with E-state index in [1.54, 1.807) is 7.11 Å². The van der Waals surface area contributed by atoms with Gasteiger partial charge in [0.2, 0.25) is 0 Å². The van der Waals surface area contributed by atoms with E-state index in [0.29, 0.717) is 12.5 Å². The van der Waals surface area contributed by atoms with E-state index < -0.39 is 0 Å². The number of benzene rings is 2. The van der Waals surface area contributed by atoms with Crippen LogP contribution in [-0.4, -0.2) is 18.6 Å². The summed E-state index contributed by atoms with van der Waals surface area (Å²) in [6.45, 7) is 0.624. The topological polar surface area (TPSA) is 51.0 Å². The Bertz CT molecular complexity index is 718. The van der Waals surface area contributed by atoms with Crippen molar-refractivity contribution in [1.82, 2.24) is 4.98 Å². The monoisotopic (exact) mass is 280 g/mol. The van der Waals surface area contributed by atoms with Gasteiger partial charge >= 0.3 is 0 Å². The third kappa shape index (κ3) is 2.78. The number of methoxy groups -OCH3 is 1. The molecule has 3 heteroatoms. The molecular weight excluding hydrogens is 260 g/mol. The van der Waals surface area contributed by atoms with E-state index in [2.05, 4.69) is 41.5 Å².